The molecule has 3 heterocycles. The molecule has 3 aromatic rings. The Balaban J connectivity index is 1.87. The first-order chi connectivity index (χ1) is 14.0. The SMILES string of the molecule is CCOc1c(C(C)c2ncc3c(Cl)nccn23)cc(Cl)c(F)c1C1CCOCC1. The van der Waals surface area contributed by atoms with Crippen molar-refractivity contribution in [1.82, 2.24) is 14.4 Å². The number of halogens is 3. The van der Waals surface area contributed by atoms with Crippen molar-refractivity contribution < 1.29 is 13.9 Å². The summed E-state index contributed by atoms with van der Waals surface area (Å²) in [6, 6.07) is 1.65. The molecule has 0 saturated carbocycles. The first-order valence-electron chi connectivity index (χ1n) is 9.72. The summed E-state index contributed by atoms with van der Waals surface area (Å²) < 4.78 is 28.5. The molecule has 0 bridgehead atoms. The lowest BCUT2D eigenvalue weighted by Gasteiger charge is -2.27. The Morgan fingerprint density at radius 2 is 2.07 bits per heavy atom. The minimum Gasteiger partial charge on any atom is -0.493 e. The van der Waals surface area contributed by atoms with E-state index in [0.717, 1.165) is 24.2 Å². The largest absolute Gasteiger partial charge is 0.493 e. The summed E-state index contributed by atoms with van der Waals surface area (Å²) in [7, 11) is 0. The van der Waals surface area contributed by atoms with Gasteiger partial charge in [0.25, 0.3) is 0 Å². The van der Waals surface area contributed by atoms with Crippen LogP contribution in [0.4, 0.5) is 4.39 Å². The third kappa shape index (κ3) is 3.69. The molecule has 1 aromatic carbocycles. The predicted octanol–water partition coefficient (Wildman–Crippen LogP) is 5.62. The van der Waals surface area contributed by atoms with Gasteiger partial charge in [-0.2, -0.15) is 0 Å². The number of benzene rings is 1. The summed E-state index contributed by atoms with van der Waals surface area (Å²) in [4.78, 5) is 8.65. The molecule has 0 N–H and O–H groups in total. The van der Waals surface area contributed by atoms with Gasteiger partial charge < -0.3 is 9.47 Å². The lowest BCUT2D eigenvalue weighted by atomic mass is 9.86. The van der Waals surface area contributed by atoms with Crippen molar-refractivity contribution in [2.75, 3.05) is 19.8 Å². The van der Waals surface area contributed by atoms with Gasteiger partial charge in [-0.1, -0.05) is 30.1 Å². The van der Waals surface area contributed by atoms with Gasteiger partial charge in [0.05, 0.1) is 17.8 Å². The van der Waals surface area contributed by atoms with Gasteiger partial charge in [0.15, 0.2) is 5.15 Å². The molecule has 1 atom stereocenters. The lowest BCUT2D eigenvalue weighted by molar-refractivity contribution is 0.0838. The number of nitrogens with zero attached hydrogens (tertiary/aromatic N) is 3. The molecule has 0 amide bonds. The fourth-order valence-corrected chi connectivity index (χ4v) is 4.42. The van der Waals surface area contributed by atoms with E-state index in [0.29, 0.717) is 41.8 Å². The maximum atomic E-state index is 15.2. The molecule has 1 aliphatic rings. The van der Waals surface area contributed by atoms with Crippen LogP contribution in [0, 0.1) is 5.82 Å². The summed E-state index contributed by atoms with van der Waals surface area (Å²) in [5.41, 5.74) is 2.07. The molecule has 2 aromatic heterocycles. The Hall–Kier alpha value is -1.89. The molecule has 1 aliphatic heterocycles. The summed E-state index contributed by atoms with van der Waals surface area (Å²) in [6.45, 7) is 5.52. The van der Waals surface area contributed by atoms with Crippen molar-refractivity contribution in [3.05, 3.63) is 57.6 Å². The van der Waals surface area contributed by atoms with Crippen LogP contribution in [0.1, 0.15) is 55.5 Å². The van der Waals surface area contributed by atoms with E-state index in [9.17, 15) is 0 Å². The van der Waals surface area contributed by atoms with Gasteiger partial charge in [-0.05, 0) is 31.7 Å². The Morgan fingerprint density at radius 1 is 1.31 bits per heavy atom. The molecule has 8 heteroatoms. The normalized spacial score (nSPS) is 16.3. The van der Waals surface area contributed by atoms with E-state index < -0.39 is 5.82 Å². The van der Waals surface area contributed by atoms with Crippen LogP contribution in [0.25, 0.3) is 5.52 Å². The Morgan fingerprint density at radius 3 is 2.79 bits per heavy atom. The fraction of sp³-hybridized carbons (Fsp3) is 0.429. The molecule has 1 unspecified atom stereocenters. The maximum absolute atomic E-state index is 15.2. The zero-order chi connectivity index (χ0) is 20.5. The highest BCUT2D eigenvalue weighted by Gasteiger charge is 2.30. The standard InChI is InChI=1S/C21H22Cl2FN3O2/c1-3-29-19-14(10-15(22)18(24)17(19)13-4-8-28-9-5-13)12(2)21-26-11-16-20(23)25-6-7-27(16)21/h6-7,10-13H,3-5,8-9H2,1-2H3. The number of rotatable bonds is 5. The average Bonchev–Trinajstić information content (AvgIpc) is 3.16. The smallest absolute Gasteiger partial charge is 0.154 e. The van der Waals surface area contributed by atoms with Gasteiger partial charge in [0, 0.05) is 42.7 Å². The minimum absolute atomic E-state index is 0.00520. The van der Waals surface area contributed by atoms with Gasteiger partial charge in [-0.25, -0.2) is 14.4 Å². The van der Waals surface area contributed by atoms with E-state index >= 15 is 4.39 Å². The fourth-order valence-electron chi connectivity index (χ4n) is 4.00. The predicted molar refractivity (Wildman–Crippen MR) is 111 cm³/mol. The average molecular weight is 438 g/mol. The monoisotopic (exact) mass is 437 g/mol. The molecule has 1 fully saturated rings. The van der Waals surface area contributed by atoms with Crippen LogP contribution < -0.4 is 4.74 Å². The van der Waals surface area contributed by atoms with E-state index in [4.69, 9.17) is 32.7 Å². The zero-order valence-electron chi connectivity index (χ0n) is 16.3. The van der Waals surface area contributed by atoms with Crippen LogP contribution in [0.3, 0.4) is 0 Å². The molecule has 1 saturated heterocycles. The second-order valence-electron chi connectivity index (χ2n) is 7.14. The number of hydrogen-bond acceptors (Lipinski definition) is 4. The molecule has 154 valence electrons. The molecule has 5 nitrogen and oxygen atoms in total. The topological polar surface area (TPSA) is 48.7 Å². The first kappa shape index (κ1) is 20.4. The number of ether oxygens (including phenoxy) is 2. The van der Waals surface area contributed by atoms with Crippen molar-refractivity contribution >= 4 is 28.7 Å². The van der Waals surface area contributed by atoms with Gasteiger partial charge in [-0.3, -0.25) is 4.40 Å². The van der Waals surface area contributed by atoms with Crippen molar-refractivity contribution in [2.24, 2.45) is 0 Å². The van der Waals surface area contributed by atoms with Crippen molar-refractivity contribution in [1.29, 1.82) is 0 Å². The van der Waals surface area contributed by atoms with Crippen LogP contribution in [-0.4, -0.2) is 34.2 Å². The zero-order valence-corrected chi connectivity index (χ0v) is 17.8. The highest BCUT2D eigenvalue weighted by molar-refractivity contribution is 6.32. The summed E-state index contributed by atoms with van der Waals surface area (Å²) in [5.74, 6) is 0.717. The van der Waals surface area contributed by atoms with Crippen LogP contribution in [0.5, 0.6) is 5.75 Å². The molecule has 4 rings (SSSR count). The molecular weight excluding hydrogens is 416 g/mol. The van der Waals surface area contributed by atoms with Crippen LogP contribution >= 0.6 is 23.2 Å². The van der Waals surface area contributed by atoms with Crippen LogP contribution in [0.15, 0.2) is 24.7 Å². The third-order valence-corrected chi connectivity index (χ3v) is 6.01. The van der Waals surface area contributed by atoms with E-state index in [-0.39, 0.29) is 16.9 Å². The van der Waals surface area contributed by atoms with Gasteiger partial charge in [-0.15, -0.1) is 0 Å². The van der Waals surface area contributed by atoms with Gasteiger partial charge in [0.1, 0.15) is 22.9 Å². The second-order valence-corrected chi connectivity index (χ2v) is 7.90. The van der Waals surface area contributed by atoms with E-state index in [2.05, 4.69) is 9.97 Å². The van der Waals surface area contributed by atoms with Crippen LogP contribution in [0.2, 0.25) is 10.2 Å². The Labute approximate surface area is 178 Å². The van der Waals surface area contributed by atoms with E-state index in [1.807, 2.05) is 24.4 Å². The molecule has 29 heavy (non-hydrogen) atoms. The number of fused-ring (bicyclic) bond motifs is 1. The second kappa shape index (κ2) is 8.46. The first-order valence-corrected chi connectivity index (χ1v) is 10.5. The van der Waals surface area contributed by atoms with E-state index in [1.165, 1.54) is 0 Å². The molecule has 0 spiro atoms. The molecular formula is C21H22Cl2FN3O2. The summed E-state index contributed by atoms with van der Waals surface area (Å²) in [5, 5.41) is 0.473. The third-order valence-electron chi connectivity index (χ3n) is 5.45. The highest BCUT2D eigenvalue weighted by Crippen LogP contribution is 2.44. The molecule has 0 radical (unpaired) electrons. The summed E-state index contributed by atoms with van der Waals surface area (Å²) in [6.07, 6.45) is 6.59. The minimum atomic E-state index is -0.404. The number of hydrogen-bond donors (Lipinski definition) is 0. The van der Waals surface area contributed by atoms with Gasteiger partial charge >= 0.3 is 0 Å². The lowest BCUT2D eigenvalue weighted by Crippen LogP contribution is -2.18. The van der Waals surface area contributed by atoms with E-state index in [1.54, 1.807) is 18.5 Å². The van der Waals surface area contributed by atoms with Crippen molar-refractivity contribution in [3.63, 3.8) is 0 Å². The van der Waals surface area contributed by atoms with Crippen molar-refractivity contribution in [3.8, 4) is 5.75 Å². The number of aromatic nitrogens is 3. The Kier molecular flexibility index (Phi) is 5.95. The summed E-state index contributed by atoms with van der Waals surface area (Å²) >= 11 is 12.5. The number of imidazole rings is 1. The quantitative estimate of drug-likeness (QED) is 0.519. The maximum Gasteiger partial charge on any atom is 0.154 e. The highest BCUT2D eigenvalue weighted by atomic mass is 35.5. The molecule has 0 aliphatic carbocycles. The Bertz CT molecular complexity index is 1030. The van der Waals surface area contributed by atoms with Gasteiger partial charge in [0.2, 0.25) is 0 Å². The van der Waals surface area contributed by atoms with Crippen LogP contribution in [-0.2, 0) is 4.74 Å². The van der Waals surface area contributed by atoms with Crippen molar-refractivity contribution in [2.45, 2.75) is 38.5 Å².